The van der Waals surface area contributed by atoms with Gasteiger partial charge in [-0.1, -0.05) is 68.0 Å². The maximum Gasteiger partial charge on any atom is 0.253 e. The summed E-state index contributed by atoms with van der Waals surface area (Å²) in [7, 11) is 2.31. The Morgan fingerprint density at radius 1 is 0.625 bits per heavy atom. The Kier molecular flexibility index (Phi) is 7.48. The molecule has 10 heteroatoms. The van der Waals surface area contributed by atoms with Crippen LogP contribution < -0.4 is 0 Å². The minimum Gasteiger partial charge on any atom is -0.276 e. The van der Waals surface area contributed by atoms with E-state index in [2.05, 4.69) is 0 Å². The molecule has 2 aromatic rings. The summed E-state index contributed by atoms with van der Waals surface area (Å²) < 4.78 is 0. The van der Waals surface area contributed by atoms with Crippen molar-refractivity contribution in [3.8, 4) is 0 Å². The largest absolute Gasteiger partial charge is 0.276 e. The SMILES string of the molecule is O=C(Cl)c1cc(Cl)c(Cl)cc1SSc1cc(Cl)c(Cl)cc1C(=O)Cl. The lowest BCUT2D eigenvalue weighted by Crippen LogP contribution is -1.94. The topological polar surface area (TPSA) is 34.1 Å². The predicted molar refractivity (Wildman–Crippen MR) is 105 cm³/mol. The fourth-order valence-electron chi connectivity index (χ4n) is 1.59. The van der Waals surface area contributed by atoms with Crippen molar-refractivity contribution in [1.29, 1.82) is 0 Å². The maximum absolute atomic E-state index is 11.5. The van der Waals surface area contributed by atoms with E-state index in [9.17, 15) is 9.59 Å². The van der Waals surface area contributed by atoms with Gasteiger partial charge in [-0.15, -0.1) is 0 Å². The molecule has 0 aromatic heterocycles. The molecule has 0 aliphatic heterocycles. The van der Waals surface area contributed by atoms with Gasteiger partial charge in [0, 0.05) is 9.79 Å². The van der Waals surface area contributed by atoms with Crippen molar-refractivity contribution in [3.05, 3.63) is 55.5 Å². The van der Waals surface area contributed by atoms with Crippen molar-refractivity contribution >= 4 is 102 Å². The van der Waals surface area contributed by atoms with Crippen molar-refractivity contribution in [2.45, 2.75) is 9.79 Å². The Morgan fingerprint density at radius 2 is 0.917 bits per heavy atom. The molecular formula is C14H4Cl6O2S2. The number of carbonyl (C=O) groups is 2. The third kappa shape index (κ3) is 4.89. The number of carbonyl (C=O) groups excluding carboxylic acids is 2. The standard InChI is InChI=1S/C14H4Cl6O2S2/c15-7-1-5(13(19)21)11(3-9(7)17)23-24-12-4-10(18)8(16)2-6(12)14(20)22/h1-4H. The van der Waals surface area contributed by atoms with Gasteiger partial charge >= 0.3 is 0 Å². The summed E-state index contributed by atoms with van der Waals surface area (Å²) in [4.78, 5) is 24.0. The third-order valence-corrected chi connectivity index (χ3v) is 6.99. The Balaban J connectivity index is 2.38. The molecule has 0 aliphatic carbocycles. The van der Waals surface area contributed by atoms with Gasteiger partial charge in [-0.2, -0.15) is 0 Å². The molecule has 0 unspecified atom stereocenters. The summed E-state index contributed by atoms with van der Waals surface area (Å²) in [6.45, 7) is 0. The third-order valence-electron chi connectivity index (χ3n) is 2.69. The molecule has 0 heterocycles. The predicted octanol–water partition coefficient (Wildman–Crippen LogP) is 7.86. The molecule has 2 rings (SSSR count). The van der Waals surface area contributed by atoms with Crippen LogP contribution in [0, 0.1) is 0 Å². The zero-order chi connectivity index (χ0) is 18.0. The number of benzene rings is 2. The maximum atomic E-state index is 11.5. The average Bonchev–Trinajstić information content (AvgIpc) is 2.50. The van der Waals surface area contributed by atoms with Crippen LogP contribution in [0.2, 0.25) is 20.1 Å². The number of hydrogen-bond donors (Lipinski definition) is 0. The molecular weight excluding hydrogens is 477 g/mol. The highest BCUT2D eigenvalue weighted by Crippen LogP contribution is 2.44. The summed E-state index contributed by atoms with van der Waals surface area (Å²) >= 11 is 34.9. The molecule has 0 bridgehead atoms. The lowest BCUT2D eigenvalue weighted by molar-refractivity contribution is 0.107. The zero-order valence-corrected chi connectivity index (χ0v) is 17.4. The van der Waals surface area contributed by atoms with Crippen LogP contribution in [0.4, 0.5) is 0 Å². The van der Waals surface area contributed by atoms with Gasteiger partial charge in [0.2, 0.25) is 0 Å². The lowest BCUT2D eigenvalue weighted by atomic mass is 10.2. The molecule has 2 aromatic carbocycles. The monoisotopic (exact) mass is 478 g/mol. The summed E-state index contributed by atoms with van der Waals surface area (Å²) in [6.07, 6.45) is 0. The molecule has 2 nitrogen and oxygen atoms in total. The molecule has 0 N–H and O–H groups in total. The second kappa shape index (κ2) is 8.74. The highest BCUT2D eigenvalue weighted by atomic mass is 35.5. The lowest BCUT2D eigenvalue weighted by Gasteiger charge is -2.10. The Labute approximate surface area is 175 Å². The van der Waals surface area contributed by atoms with Crippen molar-refractivity contribution in [2.75, 3.05) is 0 Å². The fraction of sp³-hybridized carbons (Fsp3) is 0. The summed E-state index contributed by atoms with van der Waals surface area (Å²) in [5.74, 6) is 0. The van der Waals surface area contributed by atoms with E-state index in [4.69, 9.17) is 69.6 Å². The van der Waals surface area contributed by atoms with Crippen molar-refractivity contribution < 1.29 is 9.59 Å². The van der Waals surface area contributed by atoms with Crippen molar-refractivity contribution in [1.82, 2.24) is 0 Å². The molecule has 24 heavy (non-hydrogen) atoms. The van der Waals surface area contributed by atoms with Gasteiger partial charge in [-0.05, 0) is 47.5 Å². The molecule has 0 spiro atoms. The van der Waals surface area contributed by atoms with Gasteiger partial charge in [-0.25, -0.2) is 0 Å². The van der Waals surface area contributed by atoms with Crippen LogP contribution in [0.3, 0.4) is 0 Å². The van der Waals surface area contributed by atoms with Crippen molar-refractivity contribution in [3.63, 3.8) is 0 Å². The number of halogens is 6. The summed E-state index contributed by atoms with van der Waals surface area (Å²) in [6, 6.07) is 5.78. The Bertz CT molecular complexity index is 771. The summed E-state index contributed by atoms with van der Waals surface area (Å²) in [5.41, 5.74) is 0.393. The van der Waals surface area contributed by atoms with Gasteiger partial charge in [-0.3, -0.25) is 9.59 Å². The van der Waals surface area contributed by atoms with Crippen LogP contribution in [0.5, 0.6) is 0 Å². The first-order chi connectivity index (χ1) is 11.2. The van der Waals surface area contributed by atoms with Crippen LogP contribution >= 0.6 is 91.2 Å². The first-order valence-corrected chi connectivity index (χ1v) is 10.3. The van der Waals surface area contributed by atoms with Crippen LogP contribution in [0.15, 0.2) is 34.1 Å². The van der Waals surface area contributed by atoms with Gasteiger partial charge in [0.1, 0.15) is 0 Å². The van der Waals surface area contributed by atoms with E-state index in [0.29, 0.717) is 9.79 Å². The molecule has 0 amide bonds. The van der Waals surface area contributed by atoms with E-state index in [1.807, 2.05) is 0 Å². The molecule has 0 fully saturated rings. The van der Waals surface area contributed by atoms with Crippen LogP contribution in [0.25, 0.3) is 0 Å². The van der Waals surface area contributed by atoms with E-state index in [1.165, 1.54) is 24.3 Å². The minimum atomic E-state index is -0.681. The second-order valence-electron chi connectivity index (χ2n) is 4.24. The molecule has 0 radical (unpaired) electrons. The Morgan fingerprint density at radius 3 is 1.21 bits per heavy atom. The van der Waals surface area contributed by atoms with E-state index in [1.54, 1.807) is 0 Å². The van der Waals surface area contributed by atoms with Crippen LogP contribution in [-0.2, 0) is 0 Å². The number of hydrogen-bond acceptors (Lipinski definition) is 4. The molecule has 0 saturated heterocycles. The zero-order valence-electron chi connectivity index (χ0n) is 11.2. The summed E-state index contributed by atoms with van der Waals surface area (Å²) in [5, 5.41) is -0.408. The van der Waals surface area contributed by atoms with Gasteiger partial charge in [0.05, 0.1) is 31.2 Å². The van der Waals surface area contributed by atoms with E-state index in [-0.39, 0.29) is 31.2 Å². The smallest absolute Gasteiger partial charge is 0.253 e. The van der Waals surface area contributed by atoms with E-state index in [0.717, 1.165) is 21.6 Å². The normalized spacial score (nSPS) is 10.8. The van der Waals surface area contributed by atoms with E-state index >= 15 is 0 Å². The van der Waals surface area contributed by atoms with E-state index < -0.39 is 10.5 Å². The first-order valence-electron chi connectivity index (χ1n) is 5.93. The van der Waals surface area contributed by atoms with Crippen LogP contribution in [0.1, 0.15) is 20.7 Å². The molecule has 0 atom stereocenters. The number of rotatable bonds is 5. The quantitative estimate of drug-likeness (QED) is 0.322. The molecule has 126 valence electrons. The van der Waals surface area contributed by atoms with Gasteiger partial charge in [0.25, 0.3) is 10.5 Å². The Hall–Kier alpha value is 0.220. The average molecular weight is 481 g/mol. The van der Waals surface area contributed by atoms with Gasteiger partial charge < -0.3 is 0 Å². The van der Waals surface area contributed by atoms with Gasteiger partial charge in [0.15, 0.2) is 0 Å². The van der Waals surface area contributed by atoms with Crippen LogP contribution in [-0.4, -0.2) is 10.5 Å². The highest BCUT2D eigenvalue weighted by molar-refractivity contribution is 8.76. The molecule has 0 saturated carbocycles. The first kappa shape index (κ1) is 20.5. The second-order valence-corrected chi connectivity index (χ2v) is 8.77. The fourth-order valence-corrected chi connectivity index (χ4v) is 5.16. The van der Waals surface area contributed by atoms with Crippen molar-refractivity contribution in [2.24, 2.45) is 0 Å². The highest BCUT2D eigenvalue weighted by Gasteiger charge is 2.17. The minimum absolute atomic E-state index is 0.197. The molecule has 0 aliphatic rings.